The van der Waals surface area contributed by atoms with Crippen LogP contribution in [0.1, 0.15) is 59.4 Å². The average Bonchev–Trinajstić information content (AvgIpc) is 2.56. The van der Waals surface area contributed by atoms with Gasteiger partial charge < -0.3 is 0 Å². The van der Waals surface area contributed by atoms with Crippen LogP contribution < -0.4 is 0 Å². The molecule has 0 aliphatic carbocycles. The molecular formula is C19H34HfO3. The van der Waals surface area contributed by atoms with Crippen molar-refractivity contribution in [2.75, 3.05) is 19.8 Å². The second kappa shape index (κ2) is 10.8. The summed E-state index contributed by atoms with van der Waals surface area (Å²) in [6.45, 7) is 13.2. The van der Waals surface area contributed by atoms with Crippen LogP contribution in [0.2, 0.25) is 4.18 Å². The SMILES string of the molecule is CCC[O][Hf]([CH2]C(C)(C)c1ccccc1)([O]CCC)[O]CCC. The fourth-order valence-corrected chi connectivity index (χ4v) is 14.8. The van der Waals surface area contributed by atoms with E-state index in [9.17, 15) is 0 Å². The minimum absolute atomic E-state index is 0.00194. The molecule has 0 bridgehead atoms. The van der Waals surface area contributed by atoms with E-state index in [1.807, 2.05) is 0 Å². The maximum absolute atomic E-state index is 6.32. The van der Waals surface area contributed by atoms with Gasteiger partial charge in [0, 0.05) is 0 Å². The number of benzene rings is 1. The van der Waals surface area contributed by atoms with Gasteiger partial charge >= 0.3 is 149 Å². The Balaban J connectivity index is 2.99. The molecule has 4 heteroatoms. The van der Waals surface area contributed by atoms with Crippen LogP contribution >= 0.6 is 0 Å². The second-order valence-electron chi connectivity index (χ2n) is 6.66. The van der Waals surface area contributed by atoms with Crippen LogP contribution in [-0.2, 0) is 35.3 Å². The third-order valence-corrected chi connectivity index (χ3v) is 15.5. The monoisotopic (exact) mass is 490 g/mol. The first-order valence-corrected chi connectivity index (χ1v) is 15.9. The van der Waals surface area contributed by atoms with Crippen molar-refractivity contribution in [2.24, 2.45) is 0 Å². The van der Waals surface area contributed by atoms with Crippen molar-refractivity contribution in [3.8, 4) is 0 Å². The van der Waals surface area contributed by atoms with Gasteiger partial charge in [0.05, 0.1) is 0 Å². The van der Waals surface area contributed by atoms with E-state index in [4.69, 9.17) is 8.56 Å². The van der Waals surface area contributed by atoms with E-state index in [0.29, 0.717) is 0 Å². The predicted octanol–water partition coefficient (Wildman–Crippen LogP) is 5.56. The fourth-order valence-electron chi connectivity index (χ4n) is 2.58. The summed E-state index contributed by atoms with van der Waals surface area (Å²) in [5, 5.41) is 0. The van der Waals surface area contributed by atoms with Crippen molar-refractivity contribution >= 4 is 0 Å². The zero-order chi connectivity index (χ0) is 17.2. The summed E-state index contributed by atoms with van der Waals surface area (Å²) in [6, 6.07) is 10.6. The summed E-state index contributed by atoms with van der Waals surface area (Å²) in [7, 11) is 0. The third kappa shape index (κ3) is 7.16. The molecule has 0 aliphatic rings. The summed E-state index contributed by atoms with van der Waals surface area (Å²) in [6.07, 6.45) is 3.00. The summed E-state index contributed by atoms with van der Waals surface area (Å²) in [4.78, 5) is 0. The van der Waals surface area contributed by atoms with Gasteiger partial charge in [-0.05, 0) is 0 Å². The van der Waals surface area contributed by atoms with Crippen LogP contribution in [0.15, 0.2) is 30.3 Å². The van der Waals surface area contributed by atoms with Gasteiger partial charge in [-0.1, -0.05) is 0 Å². The Labute approximate surface area is 148 Å². The molecule has 1 aromatic rings. The molecule has 3 nitrogen and oxygen atoms in total. The van der Waals surface area contributed by atoms with E-state index in [1.54, 1.807) is 0 Å². The van der Waals surface area contributed by atoms with Crippen LogP contribution in [0.25, 0.3) is 0 Å². The molecular weight excluding hydrogens is 455 g/mol. The Morgan fingerprint density at radius 3 is 1.61 bits per heavy atom. The molecule has 0 saturated heterocycles. The molecule has 0 heterocycles. The average molecular weight is 489 g/mol. The Bertz CT molecular complexity index is 398. The zero-order valence-corrected chi connectivity index (χ0v) is 19.2. The van der Waals surface area contributed by atoms with Crippen molar-refractivity contribution in [2.45, 2.75) is 63.5 Å². The molecule has 23 heavy (non-hydrogen) atoms. The van der Waals surface area contributed by atoms with Gasteiger partial charge in [0.25, 0.3) is 0 Å². The third-order valence-electron chi connectivity index (χ3n) is 3.79. The van der Waals surface area contributed by atoms with Gasteiger partial charge in [-0.15, -0.1) is 0 Å². The van der Waals surface area contributed by atoms with E-state index in [-0.39, 0.29) is 5.41 Å². The Morgan fingerprint density at radius 1 is 0.783 bits per heavy atom. The standard InChI is InChI=1S/C10H13.3C3H7O.Hf/c1-10(2,3)9-7-5-4-6-8-9;3*1-2-3-4;/h4-8H,1H2,2-3H3;3*2-3H2,1H3;/q;3*-1;+3. The summed E-state index contributed by atoms with van der Waals surface area (Å²) in [5.41, 5.74) is 1.32. The van der Waals surface area contributed by atoms with Crippen LogP contribution in [0.5, 0.6) is 0 Å². The van der Waals surface area contributed by atoms with E-state index >= 15 is 0 Å². The topological polar surface area (TPSA) is 27.7 Å². The van der Waals surface area contributed by atoms with Crippen LogP contribution in [0, 0.1) is 0 Å². The summed E-state index contributed by atoms with van der Waals surface area (Å²) < 4.78 is 19.8. The summed E-state index contributed by atoms with van der Waals surface area (Å²) >= 11 is -3.71. The van der Waals surface area contributed by atoms with Gasteiger partial charge in [-0.2, -0.15) is 0 Å². The first kappa shape index (κ1) is 21.0. The predicted molar refractivity (Wildman–Crippen MR) is 93.0 cm³/mol. The second-order valence-corrected chi connectivity index (χ2v) is 15.9. The van der Waals surface area contributed by atoms with E-state index < -0.39 is 21.3 Å². The van der Waals surface area contributed by atoms with Crippen LogP contribution in [0.3, 0.4) is 0 Å². The molecule has 0 spiro atoms. The normalized spacial score (nSPS) is 12.6. The van der Waals surface area contributed by atoms with E-state index in [1.165, 1.54) is 5.56 Å². The number of hydrogen-bond acceptors (Lipinski definition) is 3. The van der Waals surface area contributed by atoms with Crippen molar-refractivity contribution in [3.05, 3.63) is 35.9 Å². The van der Waals surface area contributed by atoms with Gasteiger partial charge in [0.1, 0.15) is 0 Å². The molecule has 0 radical (unpaired) electrons. The van der Waals surface area contributed by atoms with Gasteiger partial charge in [0.2, 0.25) is 0 Å². The molecule has 0 N–H and O–H groups in total. The molecule has 0 fully saturated rings. The molecule has 0 amide bonds. The van der Waals surface area contributed by atoms with Crippen molar-refractivity contribution in [1.29, 1.82) is 0 Å². The number of rotatable bonds is 12. The molecule has 0 saturated carbocycles. The first-order chi connectivity index (χ1) is 11.0. The maximum atomic E-state index is 6.32. The van der Waals surface area contributed by atoms with Gasteiger partial charge in [-0.3, -0.25) is 0 Å². The fraction of sp³-hybridized carbons (Fsp3) is 0.684. The molecule has 132 valence electrons. The molecule has 0 aromatic heterocycles. The van der Waals surface area contributed by atoms with E-state index in [2.05, 4.69) is 65.0 Å². The van der Waals surface area contributed by atoms with Gasteiger partial charge in [0.15, 0.2) is 0 Å². The van der Waals surface area contributed by atoms with Crippen LogP contribution in [0.4, 0.5) is 0 Å². The molecule has 1 aromatic carbocycles. The first-order valence-electron chi connectivity index (χ1n) is 8.97. The minimum atomic E-state index is -3.71. The quantitative estimate of drug-likeness (QED) is 0.360. The molecule has 0 atom stereocenters. The van der Waals surface area contributed by atoms with Crippen LogP contribution in [-0.4, -0.2) is 19.8 Å². The molecule has 0 unspecified atom stereocenters. The van der Waals surface area contributed by atoms with Crippen molar-refractivity contribution in [3.63, 3.8) is 0 Å². The Hall–Kier alpha value is -0.0299. The van der Waals surface area contributed by atoms with Crippen molar-refractivity contribution in [1.82, 2.24) is 0 Å². The Kier molecular flexibility index (Phi) is 9.83. The number of hydrogen-bond donors (Lipinski definition) is 0. The molecule has 1 rings (SSSR count). The zero-order valence-electron chi connectivity index (χ0n) is 15.6. The summed E-state index contributed by atoms with van der Waals surface area (Å²) in [5.74, 6) is 0. The van der Waals surface area contributed by atoms with E-state index in [0.717, 1.165) is 43.3 Å². The van der Waals surface area contributed by atoms with Crippen molar-refractivity contribution < 1.29 is 29.8 Å². The van der Waals surface area contributed by atoms with Gasteiger partial charge in [-0.25, -0.2) is 0 Å². The Morgan fingerprint density at radius 2 is 1.22 bits per heavy atom. The molecule has 0 aliphatic heterocycles.